The summed E-state index contributed by atoms with van der Waals surface area (Å²) in [5, 5.41) is 0. The van der Waals surface area contributed by atoms with Gasteiger partial charge in [0, 0.05) is 28.2 Å². The zero-order valence-corrected chi connectivity index (χ0v) is 11.9. The summed E-state index contributed by atoms with van der Waals surface area (Å²) in [5.74, 6) is 0. The lowest BCUT2D eigenvalue weighted by atomic mass is 9.99. The van der Waals surface area contributed by atoms with Crippen molar-refractivity contribution in [2.45, 2.75) is 20.8 Å². The Morgan fingerprint density at radius 3 is 1.57 bits per heavy atom. The van der Waals surface area contributed by atoms with E-state index in [9.17, 15) is 0 Å². The first-order chi connectivity index (χ1) is 6.09. The molecule has 3 nitrogen and oxygen atoms in total. The molecule has 0 unspecified atom stereocenters. The molecule has 0 bridgehead atoms. The third-order valence-electron chi connectivity index (χ3n) is 2.23. The van der Waals surface area contributed by atoms with E-state index in [1.165, 1.54) is 0 Å². The van der Waals surface area contributed by atoms with Crippen molar-refractivity contribution in [1.29, 1.82) is 0 Å². The zero-order chi connectivity index (χ0) is 11.6. The van der Waals surface area contributed by atoms with Crippen LogP contribution < -0.4 is 0 Å². The minimum absolute atomic E-state index is 0.229. The summed E-state index contributed by atoms with van der Waals surface area (Å²) < 4.78 is 10.5. The van der Waals surface area contributed by atoms with Crippen molar-refractivity contribution in [3.63, 3.8) is 0 Å². The fraction of sp³-hybridized carbons (Fsp3) is 1.00. The fourth-order valence-electron chi connectivity index (χ4n) is 0.905. The highest BCUT2D eigenvalue weighted by atomic mass is 31.2. The molecule has 0 aliphatic rings. The van der Waals surface area contributed by atoms with Crippen LogP contribution in [0.1, 0.15) is 20.8 Å². The van der Waals surface area contributed by atoms with Gasteiger partial charge in [-0.05, 0) is 5.41 Å². The molecule has 0 aromatic rings. The molecule has 0 rings (SSSR count). The maximum Gasteiger partial charge on any atom is 0.285 e. The van der Waals surface area contributed by atoms with Gasteiger partial charge in [0.2, 0.25) is 0 Å². The van der Waals surface area contributed by atoms with E-state index >= 15 is 0 Å². The van der Waals surface area contributed by atoms with Gasteiger partial charge >= 0.3 is 0 Å². The minimum Gasteiger partial charge on any atom is -0.199 e. The van der Waals surface area contributed by atoms with Crippen LogP contribution in [-0.2, 0) is 4.52 Å². The number of hydrogen-bond donors (Lipinski definition) is 0. The molecule has 0 spiro atoms. The van der Waals surface area contributed by atoms with Crippen LogP contribution in [0.5, 0.6) is 0 Å². The third-order valence-corrected chi connectivity index (χ3v) is 5.81. The van der Waals surface area contributed by atoms with E-state index in [1.54, 1.807) is 0 Å². The lowest BCUT2D eigenvalue weighted by Crippen LogP contribution is -2.30. The monoisotopic (exact) mass is 221 g/mol. The summed E-state index contributed by atoms with van der Waals surface area (Å²) in [5.41, 5.74) is 0.229. The van der Waals surface area contributed by atoms with Gasteiger partial charge in [-0.25, -0.2) is 0 Å². The van der Waals surface area contributed by atoms with Gasteiger partial charge in [-0.3, -0.25) is 0 Å². The molecular formula is C10H26N2OP+. The maximum atomic E-state index is 6.08. The Labute approximate surface area is 89.9 Å². The second kappa shape index (κ2) is 4.89. The third kappa shape index (κ3) is 4.22. The molecule has 0 atom stereocenters. The van der Waals surface area contributed by atoms with Crippen LogP contribution in [0, 0.1) is 5.41 Å². The van der Waals surface area contributed by atoms with Crippen molar-refractivity contribution in [3.05, 3.63) is 0 Å². The summed E-state index contributed by atoms with van der Waals surface area (Å²) in [7, 11) is 6.78. The van der Waals surface area contributed by atoms with Crippen LogP contribution in [0.2, 0.25) is 0 Å². The Hall–Kier alpha value is 0.310. The van der Waals surface area contributed by atoms with Gasteiger partial charge < -0.3 is 0 Å². The standard InChI is InChI=1S/C10H26N2OP/c1-10(2,3)9-13-14(8,11(4)5)12(6)7/h9H2,1-8H3/q+1. The van der Waals surface area contributed by atoms with E-state index in [4.69, 9.17) is 4.52 Å². The van der Waals surface area contributed by atoms with E-state index in [0.29, 0.717) is 0 Å². The first-order valence-electron chi connectivity index (χ1n) is 4.96. The quantitative estimate of drug-likeness (QED) is 0.679. The Balaban J connectivity index is 4.40. The molecule has 4 heteroatoms. The highest BCUT2D eigenvalue weighted by molar-refractivity contribution is 7.65. The first kappa shape index (κ1) is 14.3. The Morgan fingerprint density at radius 2 is 1.36 bits per heavy atom. The predicted octanol–water partition coefficient (Wildman–Crippen LogP) is 2.56. The van der Waals surface area contributed by atoms with Crippen molar-refractivity contribution in [2.75, 3.05) is 41.5 Å². The molecule has 0 N–H and O–H groups in total. The molecule has 14 heavy (non-hydrogen) atoms. The topological polar surface area (TPSA) is 15.7 Å². The number of nitrogens with zero attached hydrogens (tertiary/aromatic N) is 2. The minimum atomic E-state index is -1.54. The second-order valence-electron chi connectivity index (χ2n) is 5.36. The summed E-state index contributed by atoms with van der Waals surface area (Å²) in [4.78, 5) is 0. The van der Waals surface area contributed by atoms with E-state index in [0.717, 1.165) is 6.61 Å². The molecule has 0 amide bonds. The zero-order valence-electron chi connectivity index (χ0n) is 11.0. The van der Waals surface area contributed by atoms with Crippen molar-refractivity contribution >= 4 is 7.79 Å². The number of rotatable bonds is 4. The lowest BCUT2D eigenvalue weighted by molar-refractivity contribution is 0.184. The Morgan fingerprint density at radius 1 is 1.00 bits per heavy atom. The molecule has 0 fully saturated rings. The maximum absolute atomic E-state index is 6.08. The van der Waals surface area contributed by atoms with E-state index < -0.39 is 7.79 Å². The molecule has 0 aromatic carbocycles. The van der Waals surface area contributed by atoms with Crippen LogP contribution in [0.25, 0.3) is 0 Å². The SMILES string of the molecule is CN(C)[P+](C)(OCC(C)(C)C)N(C)C. The lowest BCUT2D eigenvalue weighted by Gasteiger charge is -2.33. The fourth-order valence-corrected chi connectivity index (χ4v) is 2.71. The average molecular weight is 221 g/mol. The van der Waals surface area contributed by atoms with Crippen LogP contribution in [0.4, 0.5) is 0 Å². The summed E-state index contributed by atoms with van der Waals surface area (Å²) in [6.45, 7) is 9.58. The highest BCUT2D eigenvalue weighted by Gasteiger charge is 2.41. The van der Waals surface area contributed by atoms with E-state index in [-0.39, 0.29) is 5.41 Å². The van der Waals surface area contributed by atoms with Gasteiger partial charge in [0.1, 0.15) is 6.66 Å². The van der Waals surface area contributed by atoms with Gasteiger partial charge in [-0.15, -0.1) is 9.34 Å². The van der Waals surface area contributed by atoms with Crippen molar-refractivity contribution in [3.8, 4) is 0 Å². The van der Waals surface area contributed by atoms with Crippen LogP contribution in [0.3, 0.4) is 0 Å². The molecule has 0 saturated carbocycles. The molecule has 0 aliphatic heterocycles. The van der Waals surface area contributed by atoms with Crippen molar-refractivity contribution in [1.82, 2.24) is 9.34 Å². The van der Waals surface area contributed by atoms with Gasteiger partial charge in [0.05, 0.1) is 6.61 Å². The summed E-state index contributed by atoms with van der Waals surface area (Å²) in [6, 6.07) is 0. The van der Waals surface area contributed by atoms with Crippen molar-refractivity contribution < 1.29 is 4.52 Å². The molecule has 86 valence electrons. The van der Waals surface area contributed by atoms with E-state index in [2.05, 4.69) is 65.0 Å². The molecule has 0 heterocycles. The Kier molecular flexibility index (Phi) is 5.00. The number of hydrogen-bond acceptors (Lipinski definition) is 3. The van der Waals surface area contributed by atoms with Gasteiger partial charge in [-0.2, -0.15) is 4.52 Å². The van der Waals surface area contributed by atoms with Crippen LogP contribution in [-0.4, -0.2) is 50.8 Å². The summed E-state index contributed by atoms with van der Waals surface area (Å²) in [6.07, 6.45) is 0. The first-order valence-corrected chi connectivity index (χ1v) is 7.02. The molecule has 0 radical (unpaired) electrons. The molecular weight excluding hydrogens is 195 g/mol. The average Bonchev–Trinajstić information content (AvgIpc) is 1.97. The predicted molar refractivity (Wildman–Crippen MR) is 65.6 cm³/mol. The van der Waals surface area contributed by atoms with Gasteiger partial charge in [0.25, 0.3) is 7.79 Å². The van der Waals surface area contributed by atoms with Crippen LogP contribution in [0.15, 0.2) is 0 Å². The largest absolute Gasteiger partial charge is 0.285 e. The Bertz CT molecular complexity index is 167. The van der Waals surface area contributed by atoms with Gasteiger partial charge in [0.15, 0.2) is 0 Å². The normalized spacial score (nSPS) is 14.1. The summed E-state index contributed by atoms with van der Waals surface area (Å²) >= 11 is 0. The second-order valence-corrected chi connectivity index (χ2v) is 8.89. The highest BCUT2D eigenvalue weighted by Crippen LogP contribution is 2.60. The molecule has 0 saturated heterocycles. The van der Waals surface area contributed by atoms with Gasteiger partial charge in [-0.1, -0.05) is 20.8 Å². The smallest absolute Gasteiger partial charge is 0.199 e. The van der Waals surface area contributed by atoms with Crippen molar-refractivity contribution in [2.24, 2.45) is 5.41 Å². The molecule has 0 aliphatic carbocycles. The van der Waals surface area contributed by atoms with Crippen LogP contribution >= 0.6 is 7.79 Å². The van der Waals surface area contributed by atoms with E-state index in [1.807, 2.05) is 0 Å². The molecule has 0 aromatic heterocycles.